The standard InChI is InChI=1S/C23H16O/c24-22-14-21-17-9-3-1-2-8-15(17)16-10-4-6-12-19(16)23(21)20-13-7-5-11-18(20)22/h1-5,7-11,13-14H,6,12H2. The summed E-state index contributed by atoms with van der Waals surface area (Å²) in [5.41, 5.74) is 2.79. The molecule has 0 bridgehead atoms. The lowest BCUT2D eigenvalue weighted by molar-refractivity contribution is 1.00. The molecule has 0 spiro atoms. The summed E-state index contributed by atoms with van der Waals surface area (Å²) in [4.78, 5) is 12.7. The Kier molecular flexibility index (Phi) is 2.83. The van der Waals surface area contributed by atoms with E-state index in [0.717, 1.165) is 34.4 Å². The van der Waals surface area contributed by atoms with Crippen LogP contribution < -0.4 is 5.43 Å². The first-order valence-electron chi connectivity index (χ1n) is 8.40. The van der Waals surface area contributed by atoms with E-state index in [1.54, 1.807) is 0 Å². The molecule has 0 aromatic heterocycles. The Hall–Kier alpha value is -2.93. The Morgan fingerprint density at radius 2 is 1.42 bits per heavy atom. The maximum absolute atomic E-state index is 12.7. The van der Waals surface area contributed by atoms with Crippen LogP contribution in [0.5, 0.6) is 0 Å². The monoisotopic (exact) mass is 308 g/mol. The average molecular weight is 308 g/mol. The third kappa shape index (κ3) is 1.78. The molecule has 24 heavy (non-hydrogen) atoms. The molecular weight excluding hydrogens is 292 g/mol. The molecule has 0 saturated carbocycles. The van der Waals surface area contributed by atoms with E-state index in [0.29, 0.717) is 0 Å². The third-order valence-corrected chi connectivity index (χ3v) is 5.10. The lowest BCUT2D eigenvalue weighted by Gasteiger charge is -2.18. The number of allylic oxidation sites excluding steroid dienone is 1. The minimum Gasteiger partial charge on any atom is -0.289 e. The molecule has 1 nitrogen and oxygen atoms in total. The molecule has 0 heterocycles. The van der Waals surface area contributed by atoms with E-state index in [4.69, 9.17) is 0 Å². The lowest BCUT2D eigenvalue weighted by atomic mass is 9.85. The van der Waals surface area contributed by atoms with Crippen molar-refractivity contribution in [1.82, 2.24) is 0 Å². The molecule has 4 aromatic rings. The normalized spacial score (nSPS) is 13.5. The zero-order chi connectivity index (χ0) is 16.1. The molecule has 0 atom stereocenters. The summed E-state index contributed by atoms with van der Waals surface area (Å²) < 4.78 is 0. The topological polar surface area (TPSA) is 17.1 Å². The van der Waals surface area contributed by atoms with Crippen molar-refractivity contribution < 1.29 is 0 Å². The number of benzene rings is 3. The Balaban J connectivity index is 2.19. The first kappa shape index (κ1) is 13.5. The highest BCUT2D eigenvalue weighted by Gasteiger charge is 2.17. The van der Waals surface area contributed by atoms with Crippen LogP contribution >= 0.6 is 0 Å². The maximum Gasteiger partial charge on any atom is 0.187 e. The Morgan fingerprint density at radius 1 is 0.708 bits per heavy atom. The molecule has 1 aliphatic rings. The van der Waals surface area contributed by atoms with Crippen LogP contribution in [0.2, 0.25) is 0 Å². The molecule has 0 saturated heterocycles. The van der Waals surface area contributed by atoms with Crippen molar-refractivity contribution in [2.45, 2.75) is 12.8 Å². The van der Waals surface area contributed by atoms with E-state index in [1.807, 2.05) is 30.3 Å². The average Bonchev–Trinajstić information content (AvgIpc) is 2.88. The summed E-state index contributed by atoms with van der Waals surface area (Å²) in [5.74, 6) is 0. The fourth-order valence-electron chi connectivity index (χ4n) is 4.07. The predicted molar refractivity (Wildman–Crippen MR) is 103 cm³/mol. The van der Waals surface area contributed by atoms with Crippen LogP contribution in [0.25, 0.3) is 38.4 Å². The van der Waals surface area contributed by atoms with E-state index >= 15 is 0 Å². The van der Waals surface area contributed by atoms with Gasteiger partial charge in [0.1, 0.15) is 0 Å². The summed E-state index contributed by atoms with van der Waals surface area (Å²) in [7, 11) is 0. The molecule has 0 N–H and O–H groups in total. The zero-order valence-corrected chi connectivity index (χ0v) is 13.3. The highest BCUT2D eigenvalue weighted by atomic mass is 16.1. The van der Waals surface area contributed by atoms with Crippen LogP contribution in [-0.2, 0) is 6.42 Å². The third-order valence-electron chi connectivity index (χ3n) is 5.10. The summed E-state index contributed by atoms with van der Waals surface area (Å²) in [6.07, 6.45) is 6.59. The predicted octanol–water partition coefficient (Wildman–Crippen LogP) is 5.47. The van der Waals surface area contributed by atoms with Crippen LogP contribution in [0, 0.1) is 0 Å². The summed E-state index contributed by atoms with van der Waals surface area (Å²) in [5, 5.41) is 6.62. The molecule has 0 amide bonds. The number of rotatable bonds is 0. The van der Waals surface area contributed by atoms with Crippen molar-refractivity contribution in [2.24, 2.45) is 0 Å². The largest absolute Gasteiger partial charge is 0.289 e. The van der Waals surface area contributed by atoms with Crippen molar-refractivity contribution in [3.63, 3.8) is 0 Å². The van der Waals surface area contributed by atoms with Crippen molar-refractivity contribution in [3.05, 3.63) is 88.1 Å². The number of hydrogen-bond acceptors (Lipinski definition) is 1. The summed E-state index contributed by atoms with van der Waals surface area (Å²) in [6.45, 7) is 0. The molecule has 1 heteroatoms. The van der Waals surface area contributed by atoms with Crippen molar-refractivity contribution in [2.75, 3.05) is 0 Å². The molecule has 5 rings (SSSR count). The Bertz CT molecular complexity index is 1220. The second kappa shape index (κ2) is 5.04. The van der Waals surface area contributed by atoms with Crippen molar-refractivity contribution in [1.29, 1.82) is 0 Å². The quantitative estimate of drug-likeness (QED) is 0.394. The van der Waals surface area contributed by atoms with E-state index in [-0.39, 0.29) is 5.43 Å². The second-order valence-corrected chi connectivity index (χ2v) is 6.41. The smallest absolute Gasteiger partial charge is 0.187 e. The van der Waals surface area contributed by atoms with Gasteiger partial charge in [0.25, 0.3) is 0 Å². The van der Waals surface area contributed by atoms with Gasteiger partial charge in [0.05, 0.1) is 0 Å². The van der Waals surface area contributed by atoms with Gasteiger partial charge in [-0.05, 0) is 57.0 Å². The van der Waals surface area contributed by atoms with Crippen molar-refractivity contribution >= 4 is 38.4 Å². The highest BCUT2D eigenvalue weighted by molar-refractivity contribution is 6.20. The molecule has 0 unspecified atom stereocenters. The molecule has 0 fully saturated rings. The van der Waals surface area contributed by atoms with Gasteiger partial charge in [0, 0.05) is 5.39 Å². The maximum atomic E-state index is 12.7. The van der Waals surface area contributed by atoms with Gasteiger partial charge >= 0.3 is 0 Å². The summed E-state index contributed by atoms with van der Waals surface area (Å²) in [6, 6.07) is 20.3. The van der Waals surface area contributed by atoms with Crippen LogP contribution in [-0.4, -0.2) is 0 Å². The van der Waals surface area contributed by atoms with Gasteiger partial charge in [-0.1, -0.05) is 66.7 Å². The zero-order valence-electron chi connectivity index (χ0n) is 13.3. The van der Waals surface area contributed by atoms with E-state index in [2.05, 4.69) is 42.5 Å². The van der Waals surface area contributed by atoms with Crippen molar-refractivity contribution in [3.8, 4) is 0 Å². The van der Waals surface area contributed by atoms with Gasteiger partial charge in [-0.25, -0.2) is 0 Å². The van der Waals surface area contributed by atoms with E-state index in [1.165, 1.54) is 21.9 Å². The van der Waals surface area contributed by atoms with Crippen LogP contribution in [0.4, 0.5) is 0 Å². The Morgan fingerprint density at radius 3 is 2.29 bits per heavy atom. The van der Waals surface area contributed by atoms with Gasteiger partial charge in [0.15, 0.2) is 5.43 Å². The number of aryl methyl sites for hydroxylation is 1. The fourth-order valence-corrected chi connectivity index (χ4v) is 4.07. The van der Waals surface area contributed by atoms with Gasteiger partial charge in [-0.3, -0.25) is 4.79 Å². The SMILES string of the molecule is O=c1cc2c3cccccc3c3c(c2c2ccccc12)CCC=C3. The fraction of sp³-hybridized carbons (Fsp3) is 0.0870. The highest BCUT2D eigenvalue weighted by Crippen LogP contribution is 2.38. The Labute approximate surface area is 139 Å². The molecule has 4 aromatic carbocycles. The van der Waals surface area contributed by atoms with Gasteiger partial charge in [-0.15, -0.1) is 0 Å². The first-order chi connectivity index (χ1) is 11.8. The molecule has 0 aliphatic heterocycles. The van der Waals surface area contributed by atoms with Gasteiger partial charge < -0.3 is 0 Å². The van der Waals surface area contributed by atoms with Crippen LogP contribution in [0.3, 0.4) is 0 Å². The second-order valence-electron chi connectivity index (χ2n) is 6.41. The molecular formula is C23H16O. The number of hydrogen-bond donors (Lipinski definition) is 0. The lowest BCUT2D eigenvalue weighted by Crippen LogP contribution is -2.04. The first-order valence-corrected chi connectivity index (χ1v) is 8.40. The minimum atomic E-state index is 0.109. The molecule has 114 valence electrons. The summed E-state index contributed by atoms with van der Waals surface area (Å²) >= 11 is 0. The van der Waals surface area contributed by atoms with Crippen LogP contribution in [0.15, 0.2) is 71.5 Å². The van der Waals surface area contributed by atoms with Crippen LogP contribution in [0.1, 0.15) is 17.5 Å². The van der Waals surface area contributed by atoms with Gasteiger partial charge in [-0.2, -0.15) is 0 Å². The molecule has 1 aliphatic carbocycles. The molecule has 0 radical (unpaired) electrons. The number of fused-ring (bicyclic) bond motifs is 8. The van der Waals surface area contributed by atoms with E-state index in [9.17, 15) is 4.79 Å². The van der Waals surface area contributed by atoms with Gasteiger partial charge in [0.2, 0.25) is 0 Å². The minimum absolute atomic E-state index is 0.109. The van der Waals surface area contributed by atoms with E-state index < -0.39 is 0 Å².